The highest BCUT2D eigenvalue weighted by Gasteiger charge is 1.93. The lowest BCUT2D eigenvalue weighted by molar-refractivity contribution is -0.114. The van der Waals surface area contributed by atoms with Crippen LogP contribution in [0.25, 0.3) is 6.08 Å². The lowest BCUT2D eigenvalue weighted by Crippen LogP contribution is -2.05. The molecule has 0 aliphatic heterocycles. The van der Waals surface area contributed by atoms with Gasteiger partial charge in [0.1, 0.15) is 0 Å². The van der Waals surface area contributed by atoms with Crippen molar-refractivity contribution in [3.05, 3.63) is 35.9 Å². The highest BCUT2D eigenvalue weighted by Crippen LogP contribution is 2.10. The maximum absolute atomic E-state index is 10.7. The summed E-state index contributed by atoms with van der Waals surface area (Å²) in [6, 6.07) is 7.69. The molecule has 74 valence electrons. The topological polar surface area (TPSA) is 29.1 Å². The molecule has 1 aromatic carbocycles. The van der Waals surface area contributed by atoms with Gasteiger partial charge < -0.3 is 5.32 Å². The van der Waals surface area contributed by atoms with Crippen LogP contribution in [-0.4, -0.2) is 11.2 Å². The maximum atomic E-state index is 10.7. The van der Waals surface area contributed by atoms with Gasteiger partial charge >= 0.3 is 0 Å². The molecule has 0 spiro atoms. The van der Waals surface area contributed by atoms with Gasteiger partial charge in [0.15, 0.2) is 0 Å². The maximum Gasteiger partial charge on any atom is 0.221 e. The van der Waals surface area contributed by atoms with Gasteiger partial charge in [-0.2, -0.15) is 0 Å². The van der Waals surface area contributed by atoms with Crippen LogP contribution in [0.15, 0.2) is 30.3 Å². The van der Waals surface area contributed by atoms with Crippen LogP contribution in [0, 0.1) is 0 Å². The number of hydrogen-bond acceptors (Lipinski definition) is 1. The second kappa shape index (κ2) is 5.60. The molecule has 1 rings (SSSR count). The average Bonchev–Trinajstić information content (AvgIpc) is 2.16. The quantitative estimate of drug-likeness (QED) is 0.825. The van der Waals surface area contributed by atoms with Crippen molar-refractivity contribution >= 4 is 33.6 Å². The molecule has 0 atom stereocenters. The minimum absolute atomic E-state index is 0.0475. The first-order valence-corrected chi connectivity index (χ1v) is 5.44. The fraction of sp³-hybridized carbons (Fsp3) is 0.182. The van der Waals surface area contributed by atoms with Gasteiger partial charge in [-0.15, -0.1) is 0 Å². The van der Waals surface area contributed by atoms with Crippen molar-refractivity contribution in [1.82, 2.24) is 0 Å². The van der Waals surface area contributed by atoms with E-state index in [1.54, 1.807) is 0 Å². The Hall–Kier alpha value is -1.09. The minimum Gasteiger partial charge on any atom is -0.326 e. The molecule has 2 nitrogen and oxygen atoms in total. The second-order valence-corrected chi connectivity index (χ2v) is 3.51. The molecule has 0 saturated carbocycles. The van der Waals surface area contributed by atoms with Crippen LogP contribution in [0.3, 0.4) is 0 Å². The van der Waals surface area contributed by atoms with Gasteiger partial charge in [0.25, 0.3) is 0 Å². The minimum atomic E-state index is -0.0475. The third kappa shape index (κ3) is 3.75. The Balaban J connectivity index is 2.68. The van der Waals surface area contributed by atoms with Gasteiger partial charge in [-0.3, -0.25) is 4.79 Å². The molecule has 0 aliphatic carbocycles. The zero-order valence-electron chi connectivity index (χ0n) is 7.96. The Morgan fingerprint density at radius 1 is 1.43 bits per heavy atom. The molecule has 3 heteroatoms. The number of carbonyl (C=O) groups excluding carboxylic acids is 1. The van der Waals surface area contributed by atoms with Crippen molar-refractivity contribution in [2.75, 3.05) is 10.6 Å². The number of benzene rings is 1. The van der Waals surface area contributed by atoms with E-state index in [0.29, 0.717) is 0 Å². The van der Waals surface area contributed by atoms with Crippen LogP contribution < -0.4 is 5.32 Å². The number of amides is 1. The normalized spacial score (nSPS) is 10.4. The number of halogens is 1. The lowest BCUT2D eigenvalue weighted by Gasteiger charge is -2.01. The highest BCUT2D eigenvalue weighted by molar-refractivity contribution is 9.09. The lowest BCUT2D eigenvalue weighted by atomic mass is 10.2. The van der Waals surface area contributed by atoms with Gasteiger partial charge in [0.05, 0.1) is 0 Å². The van der Waals surface area contributed by atoms with E-state index in [0.717, 1.165) is 16.6 Å². The summed E-state index contributed by atoms with van der Waals surface area (Å²) in [6.45, 7) is 1.50. The smallest absolute Gasteiger partial charge is 0.221 e. The first-order chi connectivity index (χ1) is 6.72. The molecule has 0 radical (unpaired) electrons. The van der Waals surface area contributed by atoms with Crippen LogP contribution in [-0.2, 0) is 4.79 Å². The van der Waals surface area contributed by atoms with Crippen molar-refractivity contribution in [3.63, 3.8) is 0 Å². The Morgan fingerprint density at radius 3 is 2.57 bits per heavy atom. The molecule has 0 unspecified atom stereocenters. The van der Waals surface area contributed by atoms with Gasteiger partial charge in [-0.1, -0.05) is 40.2 Å². The van der Waals surface area contributed by atoms with Crippen molar-refractivity contribution in [1.29, 1.82) is 0 Å². The zero-order valence-corrected chi connectivity index (χ0v) is 9.54. The van der Waals surface area contributed by atoms with Crippen LogP contribution in [0.5, 0.6) is 0 Å². The zero-order chi connectivity index (χ0) is 10.4. The molecular weight excluding hydrogens is 242 g/mol. The SMILES string of the molecule is CC(=O)Nc1ccc(C=CCBr)cc1. The fourth-order valence-corrected chi connectivity index (χ4v) is 1.25. The summed E-state index contributed by atoms with van der Waals surface area (Å²) in [5.41, 5.74) is 1.95. The predicted octanol–water partition coefficient (Wildman–Crippen LogP) is 3.05. The molecular formula is C11H12BrNO. The van der Waals surface area contributed by atoms with E-state index in [-0.39, 0.29) is 5.91 Å². The average molecular weight is 254 g/mol. The molecule has 0 bridgehead atoms. The number of allylic oxidation sites excluding steroid dienone is 1. The van der Waals surface area contributed by atoms with Gasteiger partial charge in [0.2, 0.25) is 5.91 Å². The molecule has 0 fully saturated rings. The van der Waals surface area contributed by atoms with Crippen LogP contribution in [0.1, 0.15) is 12.5 Å². The Labute approximate surface area is 92.1 Å². The van der Waals surface area contributed by atoms with E-state index < -0.39 is 0 Å². The number of carbonyl (C=O) groups is 1. The number of rotatable bonds is 3. The molecule has 0 saturated heterocycles. The molecule has 0 aromatic heterocycles. The van der Waals surface area contributed by atoms with Gasteiger partial charge in [0, 0.05) is 17.9 Å². The van der Waals surface area contributed by atoms with Gasteiger partial charge in [-0.05, 0) is 17.7 Å². The van der Waals surface area contributed by atoms with E-state index >= 15 is 0 Å². The van der Waals surface area contributed by atoms with Crippen molar-refractivity contribution in [2.24, 2.45) is 0 Å². The third-order valence-electron chi connectivity index (χ3n) is 1.63. The van der Waals surface area contributed by atoms with E-state index in [2.05, 4.69) is 21.2 Å². The third-order valence-corrected chi connectivity index (χ3v) is 2.00. The van der Waals surface area contributed by atoms with Crippen molar-refractivity contribution in [2.45, 2.75) is 6.92 Å². The number of hydrogen-bond donors (Lipinski definition) is 1. The number of anilines is 1. The van der Waals surface area contributed by atoms with Crippen molar-refractivity contribution < 1.29 is 4.79 Å². The Morgan fingerprint density at radius 2 is 2.07 bits per heavy atom. The summed E-state index contributed by atoms with van der Waals surface area (Å²) in [5, 5.41) is 3.56. The summed E-state index contributed by atoms with van der Waals surface area (Å²) in [5.74, 6) is -0.0475. The largest absolute Gasteiger partial charge is 0.326 e. The summed E-state index contributed by atoms with van der Waals surface area (Å²) in [4.78, 5) is 10.7. The first kappa shape index (κ1) is 11.0. The Bertz CT molecular complexity index is 330. The standard InChI is InChI=1S/C11H12BrNO/c1-9(14)13-11-6-4-10(5-7-11)3-2-8-12/h2-7H,8H2,1H3,(H,13,14). The molecule has 1 N–H and O–H groups in total. The van der Waals surface area contributed by atoms with Crippen LogP contribution in [0.2, 0.25) is 0 Å². The van der Waals surface area contributed by atoms with E-state index in [1.807, 2.05) is 36.4 Å². The molecule has 0 aliphatic rings. The number of nitrogens with one attached hydrogen (secondary N) is 1. The van der Waals surface area contributed by atoms with Gasteiger partial charge in [-0.25, -0.2) is 0 Å². The molecule has 1 amide bonds. The van der Waals surface area contributed by atoms with E-state index in [4.69, 9.17) is 0 Å². The van der Waals surface area contributed by atoms with Crippen LogP contribution >= 0.6 is 15.9 Å². The second-order valence-electron chi connectivity index (χ2n) is 2.86. The first-order valence-electron chi connectivity index (χ1n) is 4.32. The van der Waals surface area contributed by atoms with Crippen molar-refractivity contribution in [3.8, 4) is 0 Å². The Kier molecular flexibility index (Phi) is 4.40. The number of alkyl halides is 1. The molecule has 1 aromatic rings. The highest BCUT2D eigenvalue weighted by atomic mass is 79.9. The molecule has 0 heterocycles. The fourth-order valence-electron chi connectivity index (χ4n) is 1.06. The van der Waals surface area contributed by atoms with E-state index in [9.17, 15) is 4.79 Å². The van der Waals surface area contributed by atoms with Crippen LogP contribution in [0.4, 0.5) is 5.69 Å². The predicted molar refractivity (Wildman–Crippen MR) is 63.6 cm³/mol. The summed E-state index contributed by atoms with van der Waals surface area (Å²) < 4.78 is 0. The summed E-state index contributed by atoms with van der Waals surface area (Å²) in [7, 11) is 0. The van der Waals surface area contributed by atoms with E-state index in [1.165, 1.54) is 6.92 Å². The molecule has 14 heavy (non-hydrogen) atoms. The monoisotopic (exact) mass is 253 g/mol. The summed E-state index contributed by atoms with van der Waals surface area (Å²) >= 11 is 3.31. The summed E-state index contributed by atoms with van der Waals surface area (Å²) in [6.07, 6.45) is 4.04.